The van der Waals surface area contributed by atoms with Crippen molar-refractivity contribution in [2.75, 3.05) is 0 Å². The highest BCUT2D eigenvalue weighted by Gasteiger charge is 2.32. The molecule has 0 aliphatic rings. The zero-order valence-electron chi connectivity index (χ0n) is 7.97. The van der Waals surface area contributed by atoms with Gasteiger partial charge in [-0.3, -0.25) is 0 Å². The Morgan fingerprint density at radius 1 is 1.18 bits per heavy atom. The molecule has 1 nitrogen and oxygen atoms in total. The van der Waals surface area contributed by atoms with E-state index in [1.807, 2.05) is 0 Å². The van der Waals surface area contributed by atoms with Crippen LogP contribution in [-0.2, 0) is 4.34 Å². The van der Waals surface area contributed by atoms with Gasteiger partial charge >= 0.3 is 6.35 Å². The zero-order valence-corrected chi connectivity index (χ0v) is 7.97. The van der Waals surface area contributed by atoms with E-state index >= 15 is 0 Å². The van der Waals surface area contributed by atoms with Gasteiger partial charge < -0.3 is 4.34 Å². The van der Waals surface area contributed by atoms with E-state index < -0.39 is 6.35 Å². The first-order valence-electron chi connectivity index (χ1n) is 4.56. The van der Waals surface area contributed by atoms with Crippen molar-refractivity contribution in [3.05, 3.63) is 12.7 Å². The van der Waals surface area contributed by atoms with Crippen molar-refractivity contribution in [1.29, 1.82) is 0 Å². The Kier molecular flexibility index (Phi) is 4.92. The summed E-state index contributed by atoms with van der Waals surface area (Å²) in [6.07, 6.45) is 6.20. The van der Waals surface area contributed by atoms with Gasteiger partial charge in [0.1, 0.15) is 0 Å². The average Bonchev–Trinajstić information content (AvgIpc) is 2.08. The highest BCUT2D eigenvalue weighted by Crippen LogP contribution is 2.17. The monoisotopic (exact) mass is 154 g/mol. The third kappa shape index (κ3) is 2.92. The predicted molar refractivity (Wildman–Crippen MR) is 53.5 cm³/mol. The number of rotatable bonds is 5. The molecule has 0 spiro atoms. The Hall–Kier alpha value is -0.525. The highest BCUT2D eigenvalue weighted by molar-refractivity contribution is 6.71. The minimum absolute atomic E-state index is 0.587. The predicted octanol–water partition coefficient (Wildman–Crippen LogP) is 2.91. The van der Waals surface area contributed by atoms with Crippen molar-refractivity contribution in [3.63, 3.8) is 0 Å². The largest absolute Gasteiger partial charge is 0.544 e. The second kappa shape index (κ2) is 5.17. The smallest absolute Gasteiger partial charge is 0.405 e. The van der Waals surface area contributed by atoms with Crippen molar-refractivity contribution in [3.8, 4) is 0 Å². The van der Waals surface area contributed by atoms with E-state index in [1.165, 1.54) is 0 Å². The zero-order chi connectivity index (χ0) is 8.74. The number of hydrogen-bond acceptors (Lipinski definition) is 0. The van der Waals surface area contributed by atoms with E-state index in [2.05, 4.69) is 27.4 Å². The number of aldehydes is 1. The fourth-order valence-corrected chi connectivity index (χ4v) is 1.38. The van der Waals surface area contributed by atoms with Crippen LogP contribution in [0.25, 0.3) is 0 Å². The van der Waals surface area contributed by atoms with Gasteiger partial charge in [-0.2, -0.15) is 0 Å². The maximum absolute atomic E-state index is 5.65. The van der Waals surface area contributed by atoms with Crippen molar-refractivity contribution in [2.45, 2.75) is 39.7 Å². The summed E-state index contributed by atoms with van der Waals surface area (Å²) < 4.78 is 5.65. The first-order valence-corrected chi connectivity index (χ1v) is 4.56. The van der Waals surface area contributed by atoms with E-state index in [0.717, 1.165) is 19.0 Å². The molecular formula is C9H19BO. The molecule has 0 atom stereocenters. The topological polar surface area (TPSA) is 11.3 Å². The molecule has 11 heavy (non-hydrogen) atoms. The van der Waals surface area contributed by atoms with E-state index in [4.69, 9.17) is 4.34 Å². The molecular weight excluding hydrogens is 135 g/mol. The Morgan fingerprint density at radius 3 is 1.91 bits per heavy atom. The van der Waals surface area contributed by atoms with E-state index in [1.54, 1.807) is 12.4 Å². The maximum Gasteiger partial charge on any atom is 0.405 e. The Bertz CT molecular complexity index is 128. The molecule has 0 aromatic carbocycles. The van der Waals surface area contributed by atoms with Gasteiger partial charge in [0, 0.05) is 6.08 Å². The van der Waals surface area contributed by atoms with Crippen molar-refractivity contribution < 1.29 is 4.34 Å². The molecule has 0 aromatic rings. The maximum atomic E-state index is 5.65. The van der Waals surface area contributed by atoms with Crippen LogP contribution in [0, 0.1) is 0 Å². The van der Waals surface area contributed by atoms with Crippen molar-refractivity contribution in [2.24, 2.45) is 0 Å². The summed E-state index contributed by atoms with van der Waals surface area (Å²) in [6, 6.07) is 0. The molecule has 0 aliphatic heterocycles. The molecule has 0 fully saturated rings. The molecule has 2 heteroatoms. The van der Waals surface area contributed by atoms with Gasteiger partial charge in [0.2, 0.25) is 6.29 Å². The molecule has 0 saturated carbocycles. The quantitative estimate of drug-likeness (QED) is 0.249. The van der Waals surface area contributed by atoms with E-state index in [-0.39, 0.29) is 0 Å². The second-order valence-corrected chi connectivity index (χ2v) is 3.10. The highest BCUT2D eigenvalue weighted by atomic mass is 16.3. The third-order valence-electron chi connectivity index (χ3n) is 2.70. The van der Waals surface area contributed by atoms with Crippen LogP contribution in [0.1, 0.15) is 20.8 Å². The minimum Gasteiger partial charge on any atom is -0.544 e. The molecule has 0 saturated heterocycles. The molecule has 0 aromatic heterocycles. The first kappa shape index (κ1) is 10.5. The summed E-state index contributed by atoms with van der Waals surface area (Å²) in [5, 5.41) is 0. The fraction of sp³-hybridized carbons (Fsp3) is 0.667. The molecule has 0 heterocycles. The average molecular weight is 154 g/mol. The second-order valence-electron chi connectivity index (χ2n) is 3.10. The first-order chi connectivity index (χ1) is 5.24. The number of carbonyl (C=O) groups excluding carboxylic acids is 1. The molecule has 0 unspecified atom stereocenters. The molecule has 0 aliphatic carbocycles. The summed E-state index contributed by atoms with van der Waals surface area (Å²) in [5.74, 6) is 0. The van der Waals surface area contributed by atoms with Crippen molar-refractivity contribution in [1.82, 2.24) is 0 Å². The van der Waals surface area contributed by atoms with Gasteiger partial charge in [-0.25, -0.2) is 0 Å². The standard InChI is InChI=1S/C9H19BO/c1-5-9-11-10(6-2,7-3)8-4/h5,9H,1,6-8H2,2-4H3. The molecule has 64 valence electrons. The summed E-state index contributed by atoms with van der Waals surface area (Å²) in [5.41, 5.74) is 0. The lowest BCUT2D eigenvalue weighted by Crippen LogP contribution is -2.32. The summed E-state index contributed by atoms with van der Waals surface area (Å²) in [6.45, 7) is 10.1. The lowest BCUT2D eigenvalue weighted by atomic mass is 9.35. The summed E-state index contributed by atoms with van der Waals surface area (Å²) >= 11 is 0. The van der Waals surface area contributed by atoms with Gasteiger partial charge in [-0.1, -0.05) is 46.3 Å². The van der Waals surface area contributed by atoms with Crippen LogP contribution in [0.4, 0.5) is 0 Å². The Morgan fingerprint density at radius 2 is 1.64 bits per heavy atom. The van der Waals surface area contributed by atoms with Crippen LogP contribution in [0.3, 0.4) is 0 Å². The normalized spacial score (nSPS) is 12.3. The SMILES string of the molecule is C=CC=[O+][B-](CC)(CC)CC. The van der Waals surface area contributed by atoms with Gasteiger partial charge in [0.25, 0.3) is 0 Å². The van der Waals surface area contributed by atoms with E-state index in [0.29, 0.717) is 0 Å². The molecule has 0 radical (unpaired) electrons. The van der Waals surface area contributed by atoms with Crippen LogP contribution in [0.2, 0.25) is 19.0 Å². The molecule has 0 rings (SSSR count). The number of hydrogen-bond donors (Lipinski definition) is 0. The van der Waals surface area contributed by atoms with Crippen molar-refractivity contribution >= 4 is 12.6 Å². The Labute approximate surface area is 70.1 Å². The van der Waals surface area contributed by atoms with Gasteiger partial charge in [-0.05, 0) is 0 Å². The van der Waals surface area contributed by atoms with E-state index in [9.17, 15) is 0 Å². The summed E-state index contributed by atoms with van der Waals surface area (Å²) in [4.78, 5) is 0. The third-order valence-corrected chi connectivity index (χ3v) is 2.70. The lowest BCUT2D eigenvalue weighted by Gasteiger charge is -2.18. The van der Waals surface area contributed by atoms with Crippen LogP contribution in [-0.4, -0.2) is 12.6 Å². The van der Waals surface area contributed by atoms with Crippen LogP contribution >= 0.6 is 0 Å². The lowest BCUT2D eigenvalue weighted by molar-refractivity contribution is -0.302. The Balaban J connectivity index is 4.27. The van der Waals surface area contributed by atoms with Crippen LogP contribution < -0.4 is 0 Å². The van der Waals surface area contributed by atoms with Crippen LogP contribution in [0.5, 0.6) is 0 Å². The van der Waals surface area contributed by atoms with Crippen LogP contribution in [0.15, 0.2) is 12.7 Å². The minimum atomic E-state index is -0.587. The van der Waals surface area contributed by atoms with Gasteiger partial charge in [0.05, 0.1) is 0 Å². The van der Waals surface area contributed by atoms with Gasteiger partial charge in [0.15, 0.2) is 0 Å². The molecule has 0 amide bonds. The number of allylic oxidation sites excluding steroid dienone is 1. The molecule has 0 N–H and O–H groups in total. The molecule has 0 bridgehead atoms. The summed E-state index contributed by atoms with van der Waals surface area (Å²) in [7, 11) is 0. The fourth-order valence-electron chi connectivity index (χ4n) is 1.38. The van der Waals surface area contributed by atoms with Gasteiger partial charge in [-0.15, -0.1) is 0 Å².